The van der Waals surface area contributed by atoms with Crippen LogP contribution in [0.15, 0.2) is 29.2 Å². The monoisotopic (exact) mass is 281 g/mol. The van der Waals surface area contributed by atoms with Crippen molar-refractivity contribution in [3.63, 3.8) is 0 Å². The summed E-state index contributed by atoms with van der Waals surface area (Å²) >= 11 is 1.65. The molecule has 2 N–H and O–H groups in total. The standard InChI is InChI=1S/C15H23NO2S/c1-15(2,3)13(9-10-17)16-14(18)11-5-7-12(19-4)8-6-11/h5-8,13,17H,9-10H2,1-4H3,(H,16,18). The minimum Gasteiger partial charge on any atom is -0.396 e. The van der Waals surface area contributed by atoms with Gasteiger partial charge in [-0.25, -0.2) is 0 Å². The molecule has 19 heavy (non-hydrogen) atoms. The van der Waals surface area contributed by atoms with Crippen molar-refractivity contribution in [3.8, 4) is 0 Å². The molecule has 0 aliphatic rings. The highest BCUT2D eigenvalue weighted by Crippen LogP contribution is 2.22. The quantitative estimate of drug-likeness (QED) is 0.816. The molecule has 0 aliphatic carbocycles. The maximum Gasteiger partial charge on any atom is 0.251 e. The lowest BCUT2D eigenvalue weighted by Crippen LogP contribution is -2.44. The molecule has 1 atom stereocenters. The van der Waals surface area contributed by atoms with Gasteiger partial charge in [0.15, 0.2) is 0 Å². The van der Waals surface area contributed by atoms with E-state index in [-0.39, 0.29) is 24.0 Å². The zero-order valence-corrected chi connectivity index (χ0v) is 12.9. The Bertz CT molecular complexity index is 409. The fourth-order valence-electron chi connectivity index (χ4n) is 1.83. The topological polar surface area (TPSA) is 49.3 Å². The van der Waals surface area contributed by atoms with E-state index in [0.29, 0.717) is 12.0 Å². The largest absolute Gasteiger partial charge is 0.396 e. The number of amides is 1. The van der Waals surface area contributed by atoms with Gasteiger partial charge in [0.2, 0.25) is 0 Å². The van der Waals surface area contributed by atoms with Gasteiger partial charge >= 0.3 is 0 Å². The normalized spacial score (nSPS) is 13.1. The molecule has 3 nitrogen and oxygen atoms in total. The second kappa shape index (κ2) is 6.96. The van der Waals surface area contributed by atoms with Gasteiger partial charge in [-0.05, 0) is 42.4 Å². The minimum atomic E-state index is -0.0824. The fourth-order valence-corrected chi connectivity index (χ4v) is 2.24. The Morgan fingerprint density at radius 1 is 1.32 bits per heavy atom. The maximum atomic E-state index is 12.2. The van der Waals surface area contributed by atoms with E-state index in [1.54, 1.807) is 11.8 Å². The molecule has 0 aliphatic heterocycles. The Morgan fingerprint density at radius 2 is 1.89 bits per heavy atom. The van der Waals surface area contributed by atoms with E-state index in [4.69, 9.17) is 5.11 Å². The van der Waals surface area contributed by atoms with Crippen LogP contribution in [0.2, 0.25) is 0 Å². The van der Waals surface area contributed by atoms with Crippen molar-refractivity contribution in [3.05, 3.63) is 29.8 Å². The van der Waals surface area contributed by atoms with Crippen LogP contribution >= 0.6 is 11.8 Å². The third-order valence-electron chi connectivity index (χ3n) is 3.12. The average molecular weight is 281 g/mol. The van der Waals surface area contributed by atoms with Crippen LogP contribution in [0.5, 0.6) is 0 Å². The molecule has 1 unspecified atom stereocenters. The summed E-state index contributed by atoms with van der Waals surface area (Å²) in [6.45, 7) is 6.26. The fraction of sp³-hybridized carbons (Fsp3) is 0.533. The van der Waals surface area contributed by atoms with Gasteiger partial charge in [-0.15, -0.1) is 11.8 Å². The van der Waals surface area contributed by atoms with Crippen LogP contribution < -0.4 is 5.32 Å². The number of hydrogen-bond acceptors (Lipinski definition) is 3. The first-order valence-electron chi connectivity index (χ1n) is 6.44. The molecule has 0 bridgehead atoms. The highest BCUT2D eigenvalue weighted by atomic mass is 32.2. The van der Waals surface area contributed by atoms with E-state index >= 15 is 0 Å². The summed E-state index contributed by atoms with van der Waals surface area (Å²) in [6, 6.07) is 7.51. The van der Waals surface area contributed by atoms with E-state index in [1.807, 2.05) is 30.5 Å². The zero-order chi connectivity index (χ0) is 14.5. The maximum absolute atomic E-state index is 12.2. The summed E-state index contributed by atoms with van der Waals surface area (Å²) in [4.78, 5) is 13.3. The van der Waals surface area contributed by atoms with Crippen molar-refractivity contribution in [2.45, 2.75) is 38.1 Å². The Morgan fingerprint density at radius 3 is 2.32 bits per heavy atom. The first kappa shape index (κ1) is 16.1. The molecular weight excluding hydrogens is 258 g/mol. The van der Waals surface area contributed by atoms with Gasteiger partial charge in [0, 0.05) is 23.1 Å². The van der Waals surface area contributed by atoms with Crippen LogP contribution in [0.4, 0.5) is 0 Å². The number of rotatable bonds is 5. The van der Waals surface area contributed by atoms with Crippen LogP contribution in [0, 0.1) is 5.41 Å². The number of carbonyl (C=O) groups excluding carboxylic acids is 1. The molecule has 106 valence electrons. The highest BCUT2D eigenvalue weighted by Gasteiger charge is 2.25. The molecular formula is C15H23NO2S. The van der Waals surface area contributed by atoms with Crippen molar-refractivity contribution < 1.29 is 9.90 Å². The summed E-state index contributed by atoms with van der Waals surface area (Å²) in [7, 11) is 0. The summed E-state index contributed by atoms with van der Waals surface area (Å²) in [6.07, 6.45) is 2.57. The zero-order valence-electron chi connectivity index (χ0n) is 12.1. The summed E-state index contributed by atoms with van der Waals surface area (Å²) in [5.74, 6) is -0.0824. The molecule has 1 aromatic rings. The lowest BCUT2D eigenvalue weighted by Gasteiger charge is -2.31. The third-order valence-corrected chi connectivity index (χ3v) is 3.86. The summed E-state index contributed by atoms with van der Waals surface area (Å²) in [5.41, 5.74) is 0.586. The van der Waals surface area contributed by atoms with E-state index in [9.17, 15) is 4.79 Å². The lowest BCUT2D eigenvalue weighted by molar-refractivity contribution is 0.0885. The molecule has 1 aromatic carbocycles. The minimum absolute atomic E-state index is 0.0368. The van der Waals surface area contributed by atoms with Crippen molar-refractivity contribution in [1.29, 1.82) is 0 Å². The molecule has 0 spiro atoms. The van der Waals surface area contributed by atoms with Gasteiger partial charge < -0.3 is 10.4 Å². The molecule has 4 heteroatoms. The molecule has 0 saturated carbocycles. The lowest BCUT2D eigenvalue weighted by atomic mass is 9.85. The number of benzene rings is 1. The number of thioether (sulfide) groups is 1. The van der Waals surface area contributed by atoms with Crippen LogP contribution in [-0.2, 0) is 0 Å². The number of aliphatic hydroxyl groups is 1. The van der Waals surface area contributed by atoms with E-state index in [2.05, 4.69) is 26.1 Å². The van der Waals surface area contributed by atoms with Gasteiger partial charge in [0.25, 0.3) is 5.91 Å². The van der Waals surface area contributed by atoms with E-state index in [0.717, 1.165) is 4.90 Å². The smallest absolute Gasteiger partial charge is 0.251 e. The van der Waals surface area contributed by atoms with E-state index in [1.165, 1.54) is 0 Å². The van der Waals surface area contributed by atoms with Crippen LogP contribution in [0.25, 0.3) is 0 Å². The first-order valence-corrected chi connectivity index (χ1v) is 7.66. The van der Waals surface area contributed by atoms with Crippen molar-refractivity contribution in [1.82, 2.24) is 5.32 Å². The molecule has 1 rings (SSSR count). The second-order valence-electron chi connectivity index (χ2n) is 5.63. The van der Waals surface area contributed by atoms with Gasteiger partial charge in [-0.2, -0.15) is 0 Å². The Hall–Kier alpha value is -1.00. The molecule has 0 saturated heterocycles. The predicted molar refractivity (Wildman–Crippen MR) is 80.6 cm³/mol. The van der Waals surface area contributed by atoms with Crippen LogP contribution in [-0.4, -0.2) is 29.9 Å². The van der Waals surface area contributed by atoms with Gasteiger partial charge in [0.1, 0.15) is 0 Å². The Balaban J connectivity index is 2.75. The molecule has 0 aromatic heterocycles. The highest BCUT2D eigenvalue weighted by molar-refractivity contribution is 7.98. The number of aliphatic hydroxyl groups excluding tert-OH is 1. The SMILES string of the molecule is CSc1ccc(C(=O)NC(CCO)C(C)(C)C)cc1. The average Bonchev–Trinajstić information content (AvgIpc) is 2.37. The summed E-state index contributed by atoms with van der Waals surface area (Å²) in [5, 5.41) is 12.1. The Kier molecular flexibility index (Phi) is 5.88. The third kappa shape index (κ3) is 4.88. The van der Waals surface area contributed by atoms with Crippen molar-refractivity contribution in [2.24, 2.45) is 5.41 Å². The number of hydrogen-bond donors (Lipinski definition) is 2. The second-order valence-corrected chi connectivity index (χ2v) is 6.51. The van der Waals surface area contributed by atoms with E-state index < -0.39 is 0 Å². The molecule has 0 heterocycles. The molecule has 1 amide bonds. The Labute approximate surface area is 119 Å². The number of nitrogens with one attached hydrogen (secondary N) is 1. The van der Waals surface area contributed by atoms with Crippen molar-refractivity contribution in [2.75, 3.05) is 12.9 Å². The van der Waals surface area contributed by atoms with Gasteiger partial charge in [-0.1, -0.05) is 20.8 Å². The van der Waals surface area contributed by atoms with Crippen LogP contribution in [0.1, 0.15) is 37.6 Å². The van der Waals surface area contributed by atoms with Crippen LogP contribution in [0.3, 0.4) is 0 Å². The first-order chi connectivity index (χ1) is 8.88. The van der Waals surface area contributed by atoms with Gasteiger partial charge in [-0.3, -0.25) is 4.79 Å². The molecule has 0 radical (unpaired) electrons. The molecule has 0 fully saturated rings. The number of carbonyl (C=O) groups is 1. The van der Waals surface area contributed by atoms with Crippen molar-refractivity contribution >= 4 is 17.7 Å². The van der Waals surface area contributed by atoms with Gasteiger partial charge in [0.05, 0.1) is 0 Å². The summed E-state index contributed by atoms with van der Waals surface area (Å²) < 4.78 is 0. The predicted octanol–water partition coefficient (Wildman–Crippen LogP) is 2.94.